The van der Waals surface area contributed by atoms with E-state index in [4.69, 9.17) is 11.6 Å². The fourth-order valence-electron chi connectivity index (χ4n) is 3.06. The molecule has 2 heterocycles. The van der Waals surface area contributed by atoms with Crippen molar-refractivity contribution in [3.05, 3.63) is 58.7 Å². The van der Waals surface area contributed by atoms with Gasteiger partial charge >= 0.3 is 0 Å². The number of aromatic nitrogens is 1. The number of halogens is 2. The first kappa shape index (κ1) is 22.7. The Bertz CT molecular complexity index is 760. The summed E-state index contributed by atoms with van der Waals surface area (Å²) >= 11 is 5.94. The Labute approximate surface area is 189 Å². The molecule has 6 nitrogen and oxygen atoms in total. The quantitative estimate of drug-likeness (QED) is 0.365. The van der Waals surface area contributed by atoms with Crippen LogP contribution in [-0.2, 0) is 13.1 Å². The summed E-state index contributed by atoms with van der Waals surface area (Å²) in [4.78, 5) is 13.7. The van der Waals surface area contributed by atoms with E-state index in [1.807, 2.05) is 36.5 Å². The van der Waals surface area contributed by atoms with Gasteiger partial charge in [-0.25, -0.2) is 4.98 Å². The number of benzene rings is 1. The lowest BCUT2D eigenvalue weighted by Crippen LogP contribution is -2.45. The maximum absolute atomic E-state index is 5.94. The van der Waals surface area contributed by atoms with Gasteiger partial charge < -0.3 is 20.4 Å². The molecular weight excluding hydrogens is 487 g/mol. The molecule has 0 unspecified atom stereocenters. The van der Waals surface area contributed by atoms with Crippen molar-refractivity contribution in [1.29, 1.82) is 0 Å². The summed E-state index contributed by atoms with van der Waals surface area (Å²) < 4.78 is 0. The second kappa shape index (κ2) is 11.4. The first-order chi connectivity index (χ1) is 13.2. The van der Waals surface area contributed by atoms with Crippen LogP contribution < -0.4 is 15.5 Å². The molecule has 152 valence electrons. The van der Waals surface area contributed by atoms with E-state index < -0.39 is 0 Å². The second-order valence-electron chi connectivity index (χ2n) is 6.68. The summed E-state index contributed by atoms with van der Waals surface area (Å²) in [5.74, 6) is 1.82. The number of hydrogen-bond donors (Lipinski definition) is 2. The van der Waals surface area contributed by atoms with Gasteiger partial charge in [0.1, 0.15) is 5.82 Å². The number of nitrogens with one attached hydrogen (secondary N) is 2. The molecule has 1 fully saturated rings. The van der Waals surface area contributed by atoms with Crippen LogP contribution in [0.1, 0.15) is 11.1 Å². The maximum atomic E-state index is 5.94. The van der Waals surface area contributed by atoms with Crippen molar-refractivity contribution in [3.8, 4) is 0 Å². The van der Waals surface area contributed by atoms with Crippen molar-refractivity contribution in [1.82, 2.24) is 20.5 Å². The highest BCUT2D eigenvalue weighted by atomic mass is 127. The van der Waals surface area contributed by atoms with Gasteiger partial charge in [-0.2, -0.15) is 0 Å². The average Bonchev–Trinajstić information content (AvgIpc) is 2.70. The predicted octanol–water partition coefficient (Wildman–Crippen LogP) is 2.97. The van der Waals surface area contributed by atoms with Crippen molar-refractivity contribution in [3.63, 3.8) is 0 Å². The van der Waals surface area contributed by atoms with Crippen LogP contribution in [-0.4, -0.2) is 56.1 Å². The lowest BCUT2D eigenvalue weighted by molar-refractivity contribution is 0.312. The van der Waals surface area contributed by atoms with Gasteiger partial charge in [-0.3, -0.25) is 4.99 Å². The number of aliphatic imine (C=N–C) groups is 1. The molecule has 1 saturated heterocycles. The molecule has 2 aromatic rings. The Hall–Kier alpha value is -1.58. The summed E-state index contributed by atoms with van der Waals surface area (Å²) in [6.45, 7) is 5.50. The molecule has 2 N–H and O–H groups in total. The van der Waals surface area contributed by atoms with Crippen LogP contribution in [0, 0.1) is 0 Å². The van der Waals surface area contributed by atoms with Crippen LogP contribution >= 0.6 is 35.6 Å². The standard InChI is InChI=1S/C20H27ClN6.HI/c1-22-20(24-14-16-5-7-18(21)8-6-16)25-15-17-4-3-9-23-19(17)27-12-10-26(2)11-13-27;/h3-9H,10-15H2,1-2H3,(H2,22,24,25);1H. The number of pyridine rings is 1. The van der Waals surface area contributed by atoms with Crippen LogP contribution in [0.3, 0.4) is 0 Å². The fraction of sp³-hybridized carbons (Fsp3) is 0.400. The van der Waals surface area contributed by atoms with Crippen LogP contribution in [0.15, 0.2) is 47.6 Å². The van der Waals surface area contributed by atoms with Gasteiger partial charge in [0.15, 0.2) is 5.96 Å². The number of likely N-dealkylation sites (N-methyl/N-ethyl adjacent to an activating group) is 1. The predicted molar refractivity (Wildman–Crippen MR) is 128 cm³/mol. The number of rotatable bonds is 5. The van der Waals surface area contributed by atoms with Crippen LogP contribution in [0.25, 0.3) is 0 Å². The van der Waals surface area contributed by atoms with Crippen molar-refractivity contribution in [2.24, 2.45) is 4.99 Å². The van der Waals surface area contributed by atoms with Crippen molar-refractivity contribution >= 4 is 47.4 Å². The molecule has 1 aliphatic heterocycles. The summed E-state index contributed by atoms with van der Waals surface area (Å²) in [6.07, 6.45) is 1.87. The van der Waals surface area contributed by atoms with Crippen LogP contribution in [0.2, 0.25) is 5.02 Å². The molecule has 1 aliphatic rings. The molecule has 28 heavy (non-hydrogen) atoms. The highest BCUT2D eigenvalue weighted by Crippen LogP contribution is 2.18. The molecule has 0 bridgehead atoms. The van der Waals surface area contributed by atoms with Crippen molar-refractivity contribution in [2.75, 3.05) is 45.2 Å². The second-order valence-corrected chi connectivity index (χ2v) is 7.12. The van der Waals surface area contributed by atoms with Gasteiger partial charge in [0.2, 0.25) is 0 Å². The first-order valence-electron chi connectivity index (χ1n) is 9.22. The minimum atomic E-state index is 0. The lowest BCUT2D eigenvalue weighted by Gasteiger charge is -2.34. The normalized spacial score (nSPS) is 15.1. The highest BCUT2D eigenvalue weighted by molar-refractivity contribution is 14.0. The molecule has 1 aromatic carbocycles. The van der Waals surface area contributed by atoms with Gasteiger partial charge in [-0.15, -0.1) is 24.0 Å². The number of guanidine groups is 1. The van der Waals surface area contributed by atoms with Crippen LogP contribution in [0.5, 0.6) is 0 Å². The minimum Gasteiger partial charge on any atom is -0.354 e. The molecule has 0 saturated carbocycles. The van der Waals surface area contributed by atoms with E-state index in [2.05, 4.69) is 43.5 Å². The Morgan fingerprint density at radius 3 is 2.43 bits per heavy atom. The molecule has 0 radical (unpaired) electrons. The largest absolute Gasteiger partial charge is 0.354 e. The number of piperazine rings is 1. The third-order valence-corrected chi connectivity index (χ3v) is 4.97. The van der Waals surface area contributed by atoms with Gasteiger partial charge in [0.05, 0.1) is 0 Å². The summed E-state index contributed by atoms with van der Waals surface area (Å²) in [5.41, 5.74) is 2.33. The Morgan fingerprint density at radius 2 is 1.75 bits per heavy atom. The average molecular weight is 515 g/mol. The van der Waals surface area contributed by atoms with E-state index >= 15 is 0 Å². The maximum Gasteiger partial charge on any atom is 0.191 e. The first-order valence-corrected chi connectivity index (χ1v) is 9.60. The Kier molecular flexibility index (Phi) is 9.27. The molecule has 0 amide bonds. The Morgan fingerprint density at radius 1 is 1.07 bits per heavy atom. The molecule has 0 spiro atoms. The minimum absolute atomic E-state index is 0. The van der Waals surface area contributed by atoms with E-state index in [0.29, 0.717) is 13.1 Å². The number of hydrogen-bond acceptors (Lipinski definition) is 4. The van der Waals surface area contributed by atoms with E-state index in [-0.39, 0.29) is 24.0 Å². The van der Waals surface area contributed by atoms with Gasteiger partial charge in [-0.1, -0.05) is 29.8 Å². The zero-order valence-corrected chi connectivity index (χ0v) is 19.4. The zero-order valence-electron chi connectivity index (χ0n) is 16.4. The number of nitrogens with zero attached hydrogens (tertiary/aromatic N) is 4. The lowest BCUT2D eigenvalue weighted by atomic mass is 10.2. The molecule has 3 rings (SSSR count). The van der Waals surface area contributed by atoms with Gasteiger partial charge in [0.25, 0.3) is 0 Å². The third-order valence-electron chi connectivity index (χ3n) is 4.71. The van der Waals surface area contributed by atoms with E-state index in [0.717, 1.165) is 48.5 Å². The zero-order chi connectivity index (χ0) is 19.1. The summed E-state index contributed by atoms with van der Waals surface area (Å²) in [5, 5.41) is 7.47. The smallest absolute Gasteiger partial charge is 0.191 e. The van der Waals surface area contributed by atoms with Crippen molar-refractivity contribution in [2.45, 2.75) is 13.1 Å². The molecule has 1 aromatic heterocycles. The molecule has 8 heteroatoms. The van der Waals surface area contributed by atoms with E-state index in [1.165, 1.54) is 5.56 Å². The van der Waals surface area contributed by atoms with Crippen molar-refractivity contribution < 1.29 is 0 Å². The van der Waals surface area contributed by atoms with Gasteiger partial charge in [-0.05, 0) is 30.8 Å². The summed E-state index contributed by atoms with van der Waals surface area (Å²) in [7, 11) is 3.94. The Balaban J connectivity index is 0.00000280. The molecule has 0 atom stereocenters. The van der Waals surface area contributed by atoms with E-state index in [1.54, 1.807) is 7.05 Å². The number of anilines is 1. The topological polar surface area (TPSA) is 55.8 Å². The highest BCUT2D eigenvalue weighted by Gasteiger charge is 2.17. The summed E-state index contributed by atoms with van der Waals surface area (Å²) in [6, 6.07) is 11.9. The van der Waals surface area contributed by atoms with Crippen LogP contribution in [0.4, 0.5) is 5.82 Å². The third kappa shape index (κ3) is 6.49. The molecule has 0 aliphatic carbocycles. The SMILES string of the molecule is CN=C(NCc1ccc(Cl)cc1)NCc1cccnc1N1CCN(C)CC1.I. The van der Waals surface area contributed by atoms with Gasteiger partial charge in [0, 0.05) is 63.1 Å². The monoisotopic (exact) mass is 514 g/mol. The fourth-order valence-corrected chi connectivity index (χ4v) is 3.18. The van der Waals surface area contributed by atoms with E-state index in [9.17, 15) is 0 Å². The molecular formula is C20H28ClIN6.